The van der Waals surface area contributed by atoms with E-state index in [4.69, 9.17) is 0 Å². The molecule has 1 atom stereocenters. The number of likely N-dealkylation sites (tertiary alicyclic amines) is 1. The molecule has 0 radical (unpaired) electrons. The smallest absolute Gasteiger partial charge is 0.342 e. The van der Waals surface area contributed by atoms with E-state index in [9.17, 15) is 18.0 Å². The minimum atomic E-state index is -3.66. The van der Waals surface area contributed by atoms with Crippen molar-refractivity contribution in [3.8, 4) is 22.5 Å². The Morgan fingerprint density at radius 2 is 1.89 bits per heavy atom. The summed E-state index contributed by atoms with van der Waals surface area (Å²) in [6.07, 6.45) is 2.85. The molecule has 196 valence electrons. The molecule has 10 nitrogen and oxygen atoms in total. The van der Waals surface area contributed by atoms with Crippen molar-refractivity contribution in [2.45, 2.75) is 32.7 Å². The summed E-state index contributed by atoms with van der Waals surface area (Å²) in [5.74, 6) is 1.22. The number of hydrogen-bond donors (Lipinski definition) is 2. The Bertz CT molecular complexity index is 1490. The number of hydrogen-bond acceptors (Lipinski definition) is 5. The van der Waals surface area contributed by atoms with Gasteiger partial charge in [0.2, 0.25) is 5.91 Å². The van der Waals surface area contributed by atoms with Crippen molar-refractivity contribution in [2.24, 2.45) is 11.8 Å². The molecule has 0 unspecified atom stereocenters. The molecule has 2 aliphatic rings. The van der Waals surface area contributed by atoms with Gasteiger partial charge in [-0.1, -0.05) is 36.4 Å². The van der Waals surface area contributed by atoms with Crippen molar-refractivity contribution in [3.05, 3.63) is 58.5 Å². The summed E-state index contributed by atoms with van der Waals surface area (Å²) in [6.45, 7) is 3.85. The van der Waals surface area contributed by atoms with E-state index in [-0.39, 0.29) is 23.4 Å². The number of para-hydroxylation sites is 1. The minimum Gasteiger partial charge on any atom is -0.342 e. The van der Waals surface area contributed by atoms with Gasteiger partial charge in [-0.05, 0) is 49.3 Å². The molecule has 5 rings (SSSR count). The molecule has 1 saturated heterocycles. The molecule has 2 fully saturated rings. The largest absolute Gasteiger partial charge is 0.343 e. The number of nitrogens with zero attached hydrogens (tertiary/aromatic N) is 4. The molecule has 2 N–H and O–H groups in total. The average Bonchev–Trinajstić information content (AvgIpc) is 3.51. The zero-order valence-electron chi connectivity index (χ0n) is 21.3. The number of aryl methyl sites for hydroxylation is 1. The van der Waals surface area contributed by atoms with Gasteiger partial charge in [-0.2, -0.15) is 17.8 Å². The van der Waals surface area contributed by atoms with E-state index in [1.807, 2.05) is 42.2 Å². The first-order valence-electron chi connectivity index (χ1n) is 12.5. The lowest BCUT2D eigenvalue weighted by molar-refractivity contribution is -0.131. The standard InChI is InChI=1S/C26H32N6O4S/c1-17-14-20(22-6-4-5-7-23(22)29-37(35,36)30(2)3)10-11-21(17)24-27-28-26(34)32(24)16-18-12-13-31(15-18)25(33)19-8-9-19/h4-7,10-11,14,18-19,29H,8-9,12-13,15-16H2,1-3H3,(H,28,34)/t18-/m1/s1. The van der Waals surface area contributed by atoms with Crippen LogP contribution >= 0.6 is 0 Å². The Hall–Kier alpha value is -3.44. The molecule has 11 heteroatoms. The molecule has 3 aromatic rings. The number of carbonyl (C=O) groups excluding carboxylic acids is 1. The third-order valence-electron chi connectivity index (χ3n) is 7.15. The highest BCUT2D eigenvalue weighted by Gasteiger charge is 2.37. The van der Waals surface area contributed by atoms with E-state index in [1.165, 1.54) is 14.1 Å². The van der Waals surface area contributed by atoms with Crippen LogP contribution in [0.2, 0.25) is 0 Å². The zero-order chi connectivity index (χ0) is 26.3. The predicted octanol–water partition coefficient (Wildman–Crippen LogP) is 2.69. The predicted molar refractivity (Wildman–Crippen MR) is 142 cm³/mol. The summed E-state index contributed by atoms with van der Waals surface area (Å²) in [5.41, 5.74) is 3.51. The number of aromatic amines is 1. The van der Waals surface area contributed by atoms with Crippen LogP contribution in [0.3, 0.4) is 0 Å². The molecule has 2 heterocycles. The molecule has 1 aromatic heterocycles. The Morgan fingerprint density at radius 3 is 2.59 bits per heavy atom. The van der Waals surface area contributed by atoms with Gasteiger partial charge in [-0.3, -0.25) is 14.1 Å². The van der Waals surface area contributed by atoms with E-state index in [0.29, 0.717) is 24.6 Å². The van der Waals surface area contributed by atoms with E-state index in [1.54, 1.807) is 16.7 Å². The van der Waals surface area contributed by atoms with E-state index >= 15 is 0 Å². The molecule has 1 saturated carbocycles. The van der Waals surface area contributed by atoms with Gasteiger partial charge in [0.15, 0.2) is 5.82 Å². The van der Waals surface area contributed by atoms with Crippen LogP contribution in [-0.2, 0) is 21.5 Å². The molecule has 0 spiro atoms. The fraction of sp³-hybridized carbons (Fsp3) is 0.423. The van der Waals surface area contributed by atoms with Gasteiger partial charge in [0, 0.05) is 50.8 Å². The molecular formula is C26H32N6O4S. The summed E-state index contributed by atoms with van der Waals surface area (Å²) in [5, 5.41) is 6.90. The summed E-state index contributed by atoms with van der Waals surface area (Å²) >= 11 is 0. The number of rotatable bonds is 8. The fourth-order valence-corrected chi connectivity index (χ4v) is 5.50. The molecule has 1 amide bonds. The van der Waals surface area contributed by atoms with Gasteiger partial charge in [0.25, 0.3) is 0 Å². The third kappa shape index (κ3) is 5.19. The maximum absolute atomic E-state index is 12.7. The highest BCUT2D eigenvalue weighted by Crippen LogP contribution is 2.34. The van der Waals surface area contributed by atoms with Gasteiger partial charge in [0.1, 0.15) is 0 Å². The highest BCUT2D eigenvalue weighted by molar-refractivity contribution is 7.90. The van der Waals surface area contributed by atoms with Crippen LogP contribution < -0.4 is 10.4 Å². The van der Waals surface area contributed by atoms with Crippen molar-refractivity contribution in [1.29, 1.82) is 0 Å². The summed E-state index contributed by atoms with van der Waals surface area (Å²) in [4.78, 5) is 27.0. The van der Waals surface area contributed by atoms with Gasteiger partial charge in [0.05, 0.1) is 5.69 Å². The number of carbonyl (C=O) groups is 1. The molecule has 1 aliphatic carbocycles. The van der Waals surface area contributed by atoms with Crippen LogP contribution in [0.4, 0.5) is 5.69 Å². The first kappa shape index (κ1) is 25.2. The van der Waals surface area contributed by atoms with Crippen molar-refractivity contribution in [1.82, 2.24) is 24.0 Å². The number of benzene rings is 2. The Labute approximate surface area is 216 Å². The molecule has 2 aromatic carbocycles. The van der Waals surface area contributed by atoms with Gasteiger partial charge >= 0.3 is 15.9 Å². The van der Waals surface area contributed by atoms with Crippen molar-refractivity contribution >= 4 is 21.8 Å². The first-order valence-corrected chi connectivity index (χ1v) is 13.9. The lowest BCUT2D eigenvalue weighted by atomic mass is 9.98. The molecule has 1 aliphatic heterocycles. The second kappa shape index (κ2) is 9.79. The normalized spacial score (nSPS) is 17.9. The number of H-pyrrole nitrogens is 1. The summed E-state index contributed by atoms with van der Waals surface area (Å²) in [7, 11) is -0.714. The van der Waals surface area contributed by atoms with Gasteiger partial charge in [-0.15, -0.1) is 0 Å². The van der Waals surface area contributed by atoms with Crippen LogP contribution in [0.5, 0.6) is 0 Å². The van der Waals surface area contributed by atoms with E-state index in [0.717, 1.165) is 52.4 Å². The lowest BCUT2D eigenvalue weighted by Gasteiger charge is -2.18. The van der Waals surface area contributed by atoms with Crippen LogP contribution in [0, 0.1) is 18.8 Å². The molecule has 37 heavy (non-hydrogen) atoms. The summed E-state index contributed by atoms with van der Waals surface area (Å²) in [6, 6.07) is 13.0. The van der Waals surface area contributed by atoms with Crippen molar-refractivity contribution in [3.63, 3.8) is 0 Å². The van der Waals surface area contributed by atoms with Crippen LogP contribution in [-0.4, -0.2) is 65.5 Å². The topological polar surface area (TPSA) is 120 Å². The van der Waals surface area contributed by atoms with Gasteiger partial charge < -0.3 is 4.90 Å². The second-order valence-corrected chi connectivity index (χ2v) is 12.0. The van der Waals surface area contributed by atoms with E-state index in [2.05, 4.69) is 14.9 Å². The first-order chi connectivity index (χ1) is 17.6. The highest BCUT2D eigenvalue weighted by atomic mass is 32.2. The monoisotopic (exact) mass is 524 g/mol. The summed E-state index contributed by atoms with van der Waals surface area (Å²) < 4.78 is 30.3. The van der Waals surface area contributed by atoms with Crippen LogP contribution in [0.1, 0.15) is 24.8 Å². The van der Waals surface area contributed by atoms with Crippen molar-refractivity contribution < 1.29 is 13.2 Å². The van der Waals surface area contributed by atoms with Crippen LogP contribution in [0.25, 0.3) is 22.5 Å². The second-order valence-electron chi connectivity index (χ2n) is 10.1. The third-order valence-corrected chi connectivity index (χ3v) is 8.59. The van der Waals surface area contributed by atoms with Crippen LogP contribution in [0.15, 0.2) is 47.3 Å². The van der Waals surface area contributed by atoms with Gasteiger partial charge in [-0.25, -0.2) is 9.89 Å². The Balaban J connectivity index is 1.39. The zero-order valence-corrected chi connectivity index (χ0v) is 22.1. The maximum Gasteiger partial charge on any atom is 0.343 e. The average molecular weight is 525 g/mol. The Morgan fingerprint density at radius 1 is 1.14 bits per heavy atom. The SMILES string of the molecule is Cc1cc(-c2ccccc2NS(=O)(=O)N(C)C)ccc1-c1n[nH]c(=O)n1C[C@@H]1CCN(C(=O)C2CC2)C1. The van der Waals surface area contributed by atoms with E-state index < -0.39 is 10.2 Å². The van der Waals surface area contributed by atoms with Crippen molar-refractivity contribution in [2.75, 3.05) is 31.9 Å². The molecular weight excluding hydrogens is 492 g/mol. The molecule has 0 bridgehead atoms. The number of anilines is 1. The number of nitrogens with one attached hydrogen (secondary N) is 2. The minimum absolute atomic E-state index is 0.202. The Kier molecular flexibility index (Phi) is 6.67. The number of amides is 1. The quantitative estimate of drug-likeness (QED) is 0.469. The lowest BCUT2D eigenvalue weighted by Crippen LogP contribution is -2.31. The fourth-order valence-electron chi connectivity index (χ4n) is 4.86. The number of aromatic nitrogens is 3. The maximum atomic E-state index is 12.7.